The van der Waals surface area contributed by atoms with Crippen molar-refractivity contribution in [3.63, 3.8) is 0 Å². The van der Waals surface area contributed by atoms with Crippen molar-refractivity contribution in [1.29, 1.82) is 0 Å². The number of hydrogen-bond donors (Lipinski definition) is 2. The summed E-state index contributed by atoms with van der Waals surface area (Å²) in [6.45, 7) is 7.58. The maximum Gasteiger partial charge on any atom is 0.344 e. The van der Waals surface area contributed by atoms with E-state index in [0.717, 1.165) is 55.4 Å². The van der Waals surface area contributed by atoms with E-state index in [0.29, 0.717) is 0 Å². The Balaban J connectivity index is 2.07. The van der Waals surface area contributed by atoms with Gasteiger partial charge >= 0.3 is 41.8 Å². The van der Waals surface area contributed by atoms with E-state index in [1.54, 1.807) is 0 Å². The summed E-state index contributed by atoms with van der Waals surface area (Å²) in [7, 11) is 0. The SMILES string of the molecule is CC(=O)N[C@@H]1[C@H](Oc2ccccc2C(=O)O[C@@H]2O[C@H](COC(C)=O)[C@@H](OC(C)=O)[C@@H](OC(C)=O)[C@@H]2NC(C)=O)O[C@H](COC(C)=O)[C@H](OC(C)=O)[C@@H]1OC(C)=O. The summed E-state index contributed by atoms with van der Waals surface area (Å²) in [5.41, 5.74) is -0.312. The number of carbonyl (C=O) groups excluding carboxylic acids is 9. The van der Waals surface area contributed by atoms with Crippen molar-refractivity contribution in [1.82, 2.24) is 10.6 Å². The Labute approximate surface area is 320 Å². The minimum absolute atomic E-state index is 0.255. The van der Waals surface area contributed by atoms with Crippen molar-refractivity contribution in [2.45, 2.75) is 117 Å². The lowest BCUT2D eigenvalue weighted by Crippen LogP contribution is -2.67. The Hall–Kier alpha value is -5.83. The predicted molar refractivity (Wildman–Crippen MR) is 180 cm³/mol. The number of rotatable bonds is 14. The molecule has 0 unspecified atom stereocenters. The first-order valence-corrected chi connectivity index (χ1v) is 17.0. The van der Waals surface area contributed by atoms with E-state index in [4.69, 9.17) is 47.4 Å². The summed E-state index contributed by atoms with van der Waals surface area (Å²) in [4.78, 5) is 111. The van der Waals surface area contributed by atoms with Crippen LogP contribution >= 0.6 is 0 Å². The smallest absolute Gasteiger partial charge is 0.344 e. The minimum Gasteiger partial charge on any atom is -0.463 e. The second-order valence-corrected chi connectivity index (χ2v) is 12.5. The van der Waals surface area contributed by atoms with E-state index in [9.17, 15) is 43.2 Å². The molecule has 0 bridgehead atoms. The zero-order valence-electron chi connectivity index (χ0n) is 31.8. The van der Waals surface area contributed by atoms with E-state index in [-0.39, 0.29) is 11.3 Å². The Bertz CT molecular complexity index is 1660. The van der Waals surface area contributed by atoms with Crippen LogP contribution in [0.1, 0.15) is 65.7 Å². The highest BCUT2D eigenvalue weighted by molar-refractivity contribution is 5.92. The Morgan fingerprint density at radius 2 is 0.911 bits per heavy atom. The summed E-state index contributed by atoms with van der Waals surface area (Å²) < 4.78 is 55.7. The van der Waals surface area contributed by atoms with Crippen LogP contribution in [-0.2, 0) is 81.0 Å². The van der Waals surface area contributed by atoms with Crippen LogP contribution in [0.4, 0.5) is 0 Å². The van der Waals surface area contributed by atoms with Gasteiger partial charge in [-0.2, -0.15) is 0 Å². The molecule has 0 spiro atoms. The van der Waals surface area contributed by atoms with Gasteiger partial charge in [0.15, 0.2) is 24.4 Å². The van der Waals surface area contributed by atoms with Crippen molar-refractivity contribution >= 4 is 53.6 Å². The molecule has 0 aliphatic carbocycles. The van der Waals surface area contributed by atoms with E-state index >= 15 is 0 Å². The average Bonchev–Trinajstić information content (AvgIpc) is 3.07. The lowest BCUT2D eigenvalue weighted by molar-refractivity contribution is -0.264. The van der Waals surface area contributed by atoms with Gasteiger partial charge in [-0.1, -0.05) is 12.1 Å². The van der Waals surface area contributed by atoms with Gasteiger partial charge in [0, 0.05) is 55.4 Å². The normalized spacial score (nSPS) is 26.9. The molecule has 1 aromatic rings. The third kappa shape index (κ3) is 12.9. The number of hydrogen-bond acceptors (Lipinski definition) is 19. The summed E-state index contributed by atoms with van der Waals surface area (Å²) >= 11 is 0. The second-order valence-electron chi connectivity index (χ2n) is 12.5. The molecule has 0 radical (unpaired) electrons. The first-order valence-electron chi connectivity index (χ1n) is 17.0. The summed E-state index contributed by atoms with van der Waals surface area (Å²) in [6, 6.07) is 2.53. The molecular formula is C35H44N2O19. The highest BCUT2D eigenvalue weighted by Crippen LogP contribution is 2.33. The molecule has 2 heterocycles. The van der Waals surface area contributed by atoms with E-state index in [1.807, 2.05) is 0 Å². The Morgan fingerprint density at radius 3 is 1.32 bits per heavy atom. The van der Waals surface area contributed by atoms with Gasteiger partial charge in [-0.05, 0) is 12.1 Å². The number of esters is 7. The van der Waals surface area contributed by atoms with E-state index in [1.165, 1.54) is 24.3 Å². The van der Waals surface area contributed by atoms with Crippen molar-refractivity contribution in [2.75, 3.05) is 13.2 Å². The first kappa shape index (κ1) is 44.6. The maximum absolute atomic E-state index is 14.0. The fourth-order valence-corrected chi connectivity index (χ4v) is 5.81. The van der Waals surface area contributed by atoms with Crippen LogP contribution in [0.15, 0.2) is 24.3 Å². The molecule has 1 aromatic carbocycles. The maximum atomic E-state index is 14.0. The molecule has 2 aliphatic heterocycles. The summed E-state index contributed by atoms with van der Waals surface area (Å²) in [6.07, 6.45) is -12.1. The van der Waals surface area contributed by atoms with Crippen molar-refractivity contribution in [2.24, 2.45) is 0 Å². The van der Waals surface area contributed by atoms with Gasteiger partial charge in [-0.15, -0.1) is 0 Å². The van der Waals surface area contributed by atoms with Crippen LogP contribution in [-0.4, -0.2) is 128 Å². The molecule has 0 saturated carbocycles. The number of nitrogens with one attached hydrogen (secondary N) is 2. The van der Waals surface area contributed by atoms with Gasteiger partial charge in [0.05, 0.1) is 0 Å². The fourth-order valence-electron chi connectivity index (χ4n) is 5.81. The van der Waals surface area contributed by atoms with Crippen LogP contribution in [0.25, 0.3) is 0 Å². The molecule has 2 N–H and O–H groups in total. The lowest BCUT2D eigenvalue weighted by Gasteiger charge is -2.45. The molecule has 3 rings (SSSR count). The lowest BCUT2D eigenvalue weighted by atomic mass is 9.96. The van der Waals surface area contributed by atoms with E-state index < -0.39 is 128 Å². The summed E-state index contributed by atoms with van der Waals surface area (Å²) in [5.74, 6) is -7.68. The molecule has 0 aromatic heterocycles. The van der Waals surface area contributed by atoms with Crippen molar-refractivity contribution in [3.05, 3.63) is 29.8 Å². The van der Waals surface area contributed by atoms with Gasteiger partial charge in [0.2, 0.25) is 24.4 Å². The highest BCUT2D eigenvalue weighted by atomic mass is 16.7. The molecular weight excluding hydrogens is 752 g/mol. The third-order valence-electron chi connectivity index (χ3n) is 7.72. The van der Waals surface area contributed by atoms with Crippen LogP contribution in [0.3, 0.4) is 0 Å². The van der Waals surface area contributed by atoms with Gasteiger partial charge in [-0.25, -0.2) is 4.79 Å². The van der Waals surface area contributed by atoms with Crippen LogP contribution in [0.5, 0.6) is 5.75 Å². The number of ether oxygens (including phenoxy) is 10. The average molecular weight is 797 g/mol. The van der Waals surface area contributed by atoms with Crippen LogP contribution in [0, 0.1) is 0 Å². The quantitative estimate of drug-likeness (QED) is 0.178. The molecule has 2 amide bonds. The third-order valence-corrected chi connectivity index (χ3v) is 7.72. The number of para-hydroxylation sites is 1. The monoisotopic (exact) mass is 796 g/mol. The second kappa shape index (κ2) is 20.2. The number of benzene rings is 1. The van der Waals surface area contributed by atoms with Gasteiger partial charge in [-0.3, -0.25) is 38.4 Å². The molecule has 2 saturated heterocycles. The number of carbonyl (C=O) groups is 9. The zero-order chi connectivity index (χ0) is 41.9. The molecule has 56 heavy (non-hydrogen) atoms. The molecule has 10 atom stereocenters. The summed E-state index contributed by atoms with van der Waals surface area (Å²) in [5, 5.41) is 5.02. The molecule has 2 fully saturated rings. The van der Waals surface area contributed by atoms with Gasteiger partial charge < -0.3 is 58.0 Å². The fraction of sp³-hybridized carbons (Fsp3) is 0.571. The van der Waals surface area contributed by atoms with Crippen molar-refractivity contribution < 1.29 is 90.5 Å². The molecule has 2 aliphatic rings. The zero-order valence-corrected chi connectivity index (χ0v) is 31.8. The minimum atomic E-state index is -1.79. The van der Waals surface area contributed by atoms with Crippen molar-refractivity contribution in [3.8, 4) is 5.75 Å². The standard InChI is InChI=1S/C35H44N2O19/c1-15(38)36-27-31(51-21(7)44)29(49-19(5)42)25(13-47-17(3)40)54-34(27)53-24-12-10-9-11-23(24)33(46)56-35-28(37-16(2)39)32(52-22(8)45)30(50-20(6)43)26(55-35)14-48-18(4)41/h9-12,25-32,34-35H,13-14H2,1-8H3,(H,36,38)(H,37,39)/t25-,26-,27+,28+,29+,30-,31-,32+,34-,35+/m1/s1. The molecule has 308 valence electrons. The Morgan fingerprint density at radius 1 is 0.518 bits per heavy atom. The molecule has 21 heteroatoms. The number of amides is 2. The largest absolute Gasteiger partial charge is 0.463 e. The van der Waals surface area contributed by atoms with Crippen LogP contribution < -0.4 is 15.4 Å². The Kier molecular flexibility index (Phi) is 16.1. The highest BCUT2D eigenvalue weighted by Gasteiger charge is 2.54. The van der Waals surface area contributed by atoms with Gasteiger partial charge in [0.25, 0.3) is 0 Å². The van der Waals surface area contributed by atoms with Crippen LogP contribution in [0.2, 0.25) is 0 Å². The predicted octanol–water partition coefficient (Wildman–Crippen LogP) is -0.466. The topological polar surface area (TPSA) is 270 Å². The first-order chi connectivity index (χ1) is 26.3. The molecule has 21 nitrogen and oxygen atoms in total. The van der Waals surface area contributed by atoms with Gasteiger partial charge in [0.1, 0.15) is 48.8 Å². The van der Waals surface area contributed by atoms with E-state index in [2.05, 4.69) is 10.6 Å².